The van der Waals surface area contributed by atoms with Crippen LogP contribution in [0.2, 0.25) is 0 Å². The van der Waals surface area contributed by atoms with Crippen LogP contribution < -0.4 is 5.56 Å². The van der Waals surface area contributed by atoms with Crippen molar-refractivity contribution in [1.82, 2.24) is 14.5 Å². The molecule has 5 heteroatoms. The van der Waals surface area contributed by atoms with Crippen LogP contribution in [0.5, 0.6) is 0 Å². The lowest BCUT2D eigenvalue weighted by Crippen LogP contribution is -2.36. The highest BCUT2D eigenvalue weighted by Gasteiger charge is 2.31. The fraction of sp³-hybridized carbons (Fsp3) is 0.208. The van der Waals surface area contributed by atoms with Gasteiger partial charge in [0.15, 0.2) is 0 Å². The summed E-state index contributed by atoms with van der Waals surface area (Å²) in [5.74, 6) is -0.0288. The van der Waals surface area contributed by atoms with E-state index >= 15 is 0 Å². The lowest BCUT2D eigenvalue weighted by atomic mass is 9.97. The van der Waals surface area contributed by atoms with Gasteiger partial charge in [0.2, 0.25) is 5.91 Å². The third kappa shape index (κ3) is 3.09. The molecule has 2 heterocycles. The molecule has 1 aromatic heterocycles. The lowest BCUT2D eigenvalue weighted by Gasteiger charge is -2.26. The highest BCUT2D eigenvalue weighted by molar-refractivity contribution is 5.87. The number of amides is 1. The highest BCUT2D eigenvalue weighted by atomic mass is 16.2. The number of hydrogen-bond acceptors (Lipinski definition) is 3. The predicted molar refractivity (Wildman–Crippen MR) is 114 cm³/mol. The molecule has 1 amide bonds. The Hall–Kier alpha value is -3.47. The average molecular weight is 383 g/mol. The molecule has 0 bridgehead atoms. The number of rotatable bonds is 3. The molecule has 1 fully saturated rings. The molecule has 5 nitrogen and oxygen atoms in total. The zero-order valence-corrected chi connectivity index (χ0v) is 16.0. The number of hydrogen-bond donors (Lipinski definition) is 0. The highest BCUT2D eigenvalue weighted by Crippen LogP contribution is 2.36. The fourth-order valence-corrected chi connectivity index (χ4v) is 4.43. The van der Waals surface area contributed by atoms with E-state index in [0.717, 1.165) is 12.8 Å². The van der Waals surface area contributed by atoms with Crippen LogP contribution in [-0.4, -0.2) is 26.9 Å². The average Bonchev–Trinajstić information content (AvgIpc) is 3.25. The minimum Gasteiger partial charge on any atom is -0.334 e. The maximum atomic E-state index is 13.3. The second-order valence-corrected chi connectivity index (χ2v) is 7.48. The monoisotopic (exact) mass is 383 g/mol. The van der Waals surface area contributed by atoms with Gasteiger partial charge in [-0.05, 0) is 41.3 Å². The van der Waals surface area contributed by atoms with Gasteiger partial charge in [0.25, 0.3) is 5.56 Å². The molecule has 0 aliphatic carbocycles. The molecule has 0 N–H and O–H groups in total. The van der Waals surface area contributed by atoms with Gasteiger partial charge in [-0.2, -0.15) is 0 Å². The summed E-state index contributed by atoms with van der Waals surface area (Å²) < 4.78 is 1.53. The number of fused-ring (bicyclic) bond motifs is 2. The zero-order chi connectivity index (χ0) is 19.8. The van der Waals surface area contributed by atoms with Gasteiger partial charge in [0, 0.05) is 6.54 Å². The van der Waals surface area contributed by atoms with Gasteiger partial charge in [0.05, 0.1) is 23.3 Å². The molecule has 0 saturated carbocycles. The van der Waals surface area contributed by atoms with E-state index in [4.69, 9.17) is 0 Å². The molecular weight excluding hydrogens is 362 g/mol. The molecule has 144 valence electrons. The van der Waals surface area contributed by atoms with E-state index < -0.39 is 0 Å². The van der Waals surface area contributed by atoms with Crippen LogP contribution in [0.15, 0.2) is 77.7 Å². The summed E-state index contributed by atoms with van der Waals surface area (Å²) in [5, 5.41) is 2.37. The Labute approximate surface area is 168 Å². The molecule has 3 aromatic carbocycles. The van der Waals surface area contributed by atoms with Crippen molar-refractivity contribution in [2.75, 3.05) is 6.54 Å². The zero-order valence-electron chi connectivity index (χ0n) is 16.0. The summed E-state index contributed by atoms with van der Waals surface area (Å²) >= 11 is 0. The number of likely N-dealkylation sites (tertiary alicyclic amines) is 1. The SMILES string of the molecule is O=C(Cn1c(=O)cnc2ccccc21)N1CCCC1c1cccc2ccccc12. The van der Waals surface area contributed by atoms with Crippen molar-refractivity contribution in [2.45, 2.75) is 25.4 Å². The van der Waals surface area contributed by atoms with E-state index in [1.807, 2.05) is 41.3 Å². The second kappa shape index (κ2) is 7.17. The Bertz CT molecular complexity index is 1270. The molecule has 0 radical (unpaired) electrons. The van der Waals surface area contributed by atoms with Crippen LogP contribution in [0.1, 0.15) is 24.4 Å². The van der Waals surface area contributed by atoms with Crippen LogP contribution >= 0.6 is 0 Å². The summed E-state index contributed by atoms with van der Waals surface area (Å²) in [6.45, 7) is 0.744. The number of nitrogens with zero attached hydrogens (tertiary/aromatic N) is 3. The predicted octanol–water partition coefficient (Wildman–Crippen LogP) is 3.91. The maximum absolute atomic E-state index is 13.3. The standard InChI is InChI=1S/C24H21N3O2/c28-23-15-25-20-11-3-4-12-22(20)27(23)16-24(29)26-14-6-13-21(26)19-10-5-8-17-7-1-2-9-18(17)19/h1-5,7-12,15,21H,6,13-14,16H2. The summed E-state index contributed by atoms with van der Waals surface area (Å²) in [4.78, 5) is 31.8. The molecule has 1 saturated heterocycles. The van der Waals surface area contributed by atoms with Gasteiger partial charge in [-0.1, -0.05) is 54.6 Å². The molecule has 1 aliphatic rings. The normalized spacial score (nSPS) is 16.6. The van der Waals surface area contributed by atoms with Crippen molar-refractivity contribution in [3.05, 3.63) is 88.8 Å². The first-order chi connectivity index (χ1) is 14.2. The minimum atomic E-state index is -0.252. The van der Waals surface area contributed by atoms with E-state index in [0.29, 0.717) is 17.6 Å². The maximum Gasteiger partial charge on any atom is 0.269 e. The first-order valence-electron chi connectivity index (χ1n) is 9.94. The Balaban J connectivity index is 1.50. The van der Waals surface area contributed by atoms with Crippen molar-refractivity contribution in [1.29, 1.82) is 0 Å². The Morgan fingerprint density at radius 3 is 2.72 bits per heavy atom. The second-order valence-electron chi connectivity index (χ2n) is 7.48. The molecule has 5 rings (SSSR count). The van der Waals surface area contributed by atoms with Gasteiger partial charge < -0.3 is 4.90 Å². The summed E-state index contributed by atoms with van der Waals surface area (Å²) in [6, 6.07) is 22.0. The first-order valence-corrected chi connectivity index (χ1v) is 9.94. The van der Waals surface area contributed by atoms with Crippen LogP contribution in [0.4, 0.5) is 0 Å². The van der Waals surface area contributed by atoms with Gasteiger partial charge >= 0.3 is 0 Å². The summed E-state index contributed by atoms with van der Waals surface area (Å²) in [5.41, 5.74) is 2.33. The van der Waals surface area contributed by atoms with Crippen molar-refractivity contribution >= 4 is 27.7 Å². The topological polar surface area (TPSA) is 55.2 Å². The van der Waals surface area contributed by atoms with Crippen molar-refractivity contribution in [2.24, 2.45) is 0 Å². The molecule has 29 heavy (non-hydrogen) atoms. The quantitative estimate of drug-likeness (QED) is 0.539. The van der Waals surface area contributed by atoms with Crippen LogP contribution in [-0.2, 0) is 11.3 Å². The molecule has 1 unspecified atom stereocenters. The van der Waals surface area contributed by atoms with E-state index in [9.17, 15) is 9.59 Å². The number of carbonyl (C=O) groups is 1. The number of para-hydroxylation sites is 2. The molecular formula is C24H21N3O2. The van der Waals surface area contributed by atoms with Gasteiger partial charge in [-0.3, -0.25) is 14.2 Å². The van der Waals surface area contributed by atoms with Crippen LogP contribution in [0.3, 0.4) is 0 Å². The Kier molecular flexibility index (Phi) is 4.35. The first kappa shape index (κ1) is 17.6. The molecule has 1 atom stereocenters. The fourth-order valence-electron chi connectivity index (χ4n) is 4.43. The lowest BCUT2D eigenvalue weighted by molar-refractivity contribution is -0.132. The van der Waals surface area contributed by atoms with E-state index in [1.165, 1.54) is 27.1 Å². The smallest absolute Gasteiger partial charge is 0.269 e. The third-order valence-electron chi connectivity index (χ3n) is 5.80. The minimum absolute atomic E-state index is 0.0288. The van der Waals surface area contributed by atoms with Crippen molar-refractivity contribution in [3.8, 4) is 0 Å². The van der Waals surface area contributed by atoms with Gasteiger partial charge in [0.1, 0.15) is 6.54 Å². The molecule has 1 aliphatic heterocycles. The van der Waals surface area contributed by atoms with Gasteiger partial charge in [-0.15, -0.1) is 0 Å². The Morgan fingerprint density at radius 1 is 1.00 bits per heavy atom. The number of aromatic nitrogens is 2. The van der Waals surface area contributed by atoms with Crippen molar-refractivity contribution < 1.29 is 4.79 Å². The van der Waals surface area contributed by atoms with Crippen LogP contribution in [0, 0.1) is 0 Å². The van der Waals surface area contributed by atoms with Gasteiger partial charge in [-0.25, -0.2) is 4.98 Å². The third-order valence-corrected chi connectivity index (χ3v) is 5.80. The summed E-state index contributed by atoms with van der Waals surface area (Å²) in [6.07, 6.45) is 3.19. The van der Waals surface area contributed by atoms with Crippen LogP contribution in [0.25, 0.3) is 21.8 Å². The van der Waals surface area contributed by atoms with E-state index in [-0.39, 0.29) is 24.1 Å². The Morgan fingerprint density at radius 2 is 1.79 bits per heavy atom. The largest absolute Gasteiger partial charge is 0.334 e. The molecule has 0 spiro atoms. The number of benzene rings is 3. The number of carbonyl (C=O) groups excluding carboxylic acids is 1. The van der Waals surface area contributed by atoms with E-state index in [2.05, 4.69) is 35.3 Å². The van der Waals surface area contributed by atoms with Crippen molar-refractivity contribution in [3.63, 3.8) is 0 Å². The molecule has 4 aromatic rings. The van der Waals surface area contributed by atoms with E-state index in [1.54, 1.807) is 0 Å². The summed E-state index contributed by atoms with van der Waals surface area (Å²) in [7, 11) is 0.